The van der Waals surface area contributed by atoms with E-state index in [-0.39, 0.29) is 35.1 Å². The molecule has 0 aliphatic heterocycles. The Labute approximate surface area is 97.8 Å². The maximum Gasteiger partial charge on any atom is 1.00 e. The van der Waals surface area contributed by atoms with Crippen molar-refractivity contribution in [3.8, 4) is 0 Å². The van der Waals surface area contributed by atoms with Gasteiger partial charge in [-0.05, 0) is 11.1 Å². The predicted octanol–water partition coefficient (Wildman–Crippen LogP) is -2.21. The zero-order chi connectivity index (χ0) is 8.27. The van der Waals surface area contributed by atoms with Crippen molar-refractivity contribution in [3.63, 3.8) is 0 Å². The molecule has 4 heteroatoms. The topological polar surface area (TPSA) is 40.1 Å². The summed E-state index contributed by atoms with van der Waals surface area (Å²) in [6.07, 6.45) is 0. The van der Waals surface area contributed by atoms with Gasteiger partial charge in [0.1, 0.15) is 0 Å². The van der Waals surface area contributed by atoms with Crippen LogP contribution in [0.25, 0.3) is 0 Å². The Morgan fingerprint density at radius 2 is 1.83 bits per heavy atom. The van der Waals surface area contributed by atoms with Crippen LogP contribution < -0.4 is 34.7 Å². The van der Waals surface area contributed by atoms with Crippen LogP contribution in [-0.2, 0) is 5.88 Å². The Balaban J connectivity index is 0.00000121. The van der Waals surface area contributed by atoms with Crippen molar-refractivity contribution in [2.24, 2.45) is 0 Å². The minimum atomic E-state index is -1.16. The number of aromatic carboxylic acids is 1. The van der Waals surface area contributed by atoms with E-state index in [1.54, 1.807) is 12.1 Å². The Kier molecular flexibility index (Phi) is 5.59. The molecule has 0 N–H and O–H groups in total. The van der Waals surface area contributed by atoms with Gasteiger partial charge in [-0.15, -0.1) is 11.6 Å². The van der Waals surface area contributed by atoms with E-state index in [0.29, 0.717) is 5.88 Å². The monoisotopic (exact) mass is 192 g/mol. The number of alkyl halides is 1. The van der Waals surface area contributed by atoms with E-state index < -0.39 is 5.97 Å². The van der Waals surface area contributed by atoms with Crippen molar-refractivity contribution < 1.29 is 39.5 Å². The molecule has 1 aromatic carbocycles. The second kappa shape index (κ2) is 5.60. The zero-order valence-corrected chi connectivity index (χ0v) is 9.47. The molecule has 0 saturated carbocycles. The number of carboxylic acids is 1. The molecule has 2 nitrogen and oxygen atoms in total. The van der Waals surface area contributed by atoms with Crippen molar-refractivity contribution in [2.45, 2.75) is 5.88 Å². The molecule has 0 amide bonds. The molecule has 0 saturated heterocycles. The van der Waals surface area contributed by atoms with E-state index in [9.17, 15) is 9.90 Å². The van der Waals surface area contributed by atoms with Gasteiger partial charge >= 0.3 is 29.6 Å². The second-order valence-electron chi connectivity index (χ2n) is 2.12. The van der Waals surface area contributed by atoms with Gasteiger partial charge in [0.25, 0.3) is 0 Å². The average molecular weight is 193 g/mol. The van der Waals surface area contributed by atoms with E-state index in [2.05, 4.69) is 0 Å². The minimum absolute atomic E-state index is 0. The third-order valence-electron chi connectivity index (χ3n) is 1.34. The van der Waals surface area contributed by atoms with Crippen molar-refractivity contribution in [1.82, 2.24) is 0 Å². The molecule has 58 valence electrons. The summed E-state index contributed by atoms with van der Waals surface area (Å²) in [5.41, 5.74) is 1.08. The SMILES string of the molecule is O=C([O-])c1ccc(CCl)cc1.[Na+]. The van der Waals surface area contributed by atoms with E-state index in [1.807, 2.05) is 0 Å². The maximum absolute atomic E-state index is 10.3. The molecule has 0 aromatic heterocycles. The van der Waals surface area contributed by atoms with Crippen molar-refractivity contribution in [3.05, 3.63) is 35.4 Å². The van der Waals surface area contributed by atoms with Crippen LogP contribution in [0.4, 0.5) is 0 Å². The number of carbonyl (C=O) groups excluding carboxylic acids is 1. The van der Waals surface area contributed by atoms with Crippen molar-refractivity contribution in [2.75, 3.05) is 0 Å². The molecule has 12 heavy (non-hydrogen) atoms. The van der Waals surface area contributed by atoms with E-state index in [0.717, 1.165) is 5.56 Å². The summed E-state index contributed by atoms with van der Waals surface area (Å²) in [4.78, 5) is 10.3. The Morgan fingerprint density at radius 3 is 2.17 bits per heavy atom. The van der Waals surface area contributed by atoms with E-state index >= 15 is 0 Å². The summed E-state index contributed by atoms with van der Waals surface area (Å²) in [7, 11) is 0. The smallest absolute Gasteiger partial charge is 0.545 e. The number of hydrogen-bond donors (Lipinski definition) is 0. The van der Waals surface area contributed by atoms with Gasteiger partial charge in [0.15, 0.2) is 0 Å². The van der Waals surface area contributed by atoms with Crippen molar-refractivity contribution in [1.29, 1.82) is 0 Å². The number of carboxylic acid groups (broad SMARTS) is 1. The van der Waals surface area contributed by atoms with Crippen LogP contribution >= 0.6 is 11.6 Å². The number of rotatable bonds is 2. The molecule has 0 bridgehead atoms. The van der Waals surface area contributed by atoms with Crippen molar-refractivity contribution >= 4 is 17.6 Å². The predicted molar refractivity (Wildman–Crippen MR) is 40.3 cm³/mol. The largest absolute Gasteiger partial charge is 1.00 e. The summed E-state index contributed by atoms with van der Waals surface area (Å²) in [5, 5.41) is 10.3. The molecule has 1 aromatic rings. The molecule has 0 aliphatic rings. The van der Waals surface area contributed by atoms with Crippen LogP contribution in [-0.4, -0.2) is 5.97 Å². The number of halogens is 1. The van der Waals surface area contributed by atoms with Crippen LogP contribution in [0.3, 0.4) is 0 Å². The third-order valence-corrected chi connectivity index (χ3v) is 1.65. The van der Waals surface area contributed by atoms with Gasteiger partial charge in [-0.25, -0.2) is 0 Å². The molecule has 0 spiro atoms. The first-order valence-electron chi connectivity index (χ1n) is 3.10. The zero-order valence-electron chi connectivity index (χ0n) is 6.71. The Hall–Kier alpha value is -0.0200. The van der Waals surface area contributed by atoms with E-state index in [1.165, 1.54) is 12.1 Å². The number of benzene rings is 1. The van der Waals surface area contributed by atoms with Crippen LogP contribution in [0.5, 0.6) is 0 Å². The quantitative estimate of drug-likeness (QED) is 0.394. The summed E-state index contributed by atoms with van der Waals surface area (Å²) < 4.78 is 0. The third kappa shape index (κ3) is 3.15. The van der Waals surface area contributed by atoms with Gasteiger partial charge in [-0.2, -0.15) is 0 Å². The number of carbonyl (C=O) groups is 1. The van der Waals surface area contributed by atoms with Crippen LogP contribution in [0, 0.1) is 0 Å². The molecule has 1 rings (SSSR count). The van der Waals surface area contributed by atoms with Gasteiger partial charge in [0, 0.05) is 5.88 Å². The first-order valence-corrected chi connectivity index (χ1v) is 3.63. The average Bonchev–Trinajstić information content (AvgIpc) is 2.05. The molecule has 0 heterocycles. The fourth-order valence-corrected chi connectivity index (χ4v) is 0.908. The normalized spacial score (nSPS) is 8.75. The summed E-state index contributed by atoms with van der Waals surface area (Å²) in [6.45, 7) is 0. The maximum atomic E-state index is 10.3. The summed E-state index contributed by atoms with van der Waals surface area (Å²) in [5.74, 6) is -0.765. The second-order valence-corrected chi connectivity index (χ2v) is 2.39. The van der Waals surface area contributed by atoms with E-state index in [4.69, 9.17) is 11.6 Å². The standard InChI is InChI=1S/C8H7ClO2.Na/c9-5-6-1-3-7(4-2-6)8(10)11;/h1-4H,5H2,(H,10,11);/q;+1/p-1. The van der Waals surface area contributed by atoms with Gasteiger partial charge in [-0.3, -0.25) is 0 Å². The molecular weight excluding hydrogens is 187 g/mol. The minimum Gasteiger partial charge on any atom is -0.545 e. The molecule has 0 radical (unpaired) electrons. The molecule has 0 fully saturated rings. The van der Waals surface area contributed by atoms with Crippen LogP contribution in [0.1, 0.15) is 15.9 Å². The summed E-state index contributed by atoms with van der Waals surface area (Å²) >= 11 is 5.50. The van der Waals surface area contributed by atoms with Gasteiger partial charge in [0.05, 0.1) is 5.97 Å². The Morgan fingerprint density at radius 1 is 1.33 bits per heavy atom. The summed E-state index contributed by atoms with van der Waals surface area (Å²) in [6, 6.07) is 6.29. The van der Waals surface area contributed by atoms with Crippen LogP contribution in [0.15, 0.2) is 24.3 Å². The van der Waals surface area contributed by atoms with Gasteiger partial charge in [-0.1, -0.05) is 24.3 Å². The molecule has 0 unspecified atom stereocenters. The first kappa shape index (κ1) is 12.0. The Bertz CT molecular complexity index is 258. The first-order chi connectivity index (χ1) is 5.24. The molecule has 0 aliphatic carbocycles. The van der Waals surface area contributed by atoms with Crippen LogP contribution in [0.2, 0.25) is 0 Å². The fraction of sp³-hybridized carbons (Fsp3) is 0.125. The van der Waals surface area contributed by atoms with Gasteiger partial charge in [0.2, 0.25) is 0 Å². The molecule has 0 atom stereocenters. The number of hydrogen-bond acceptors (Lipinski definition) is 2. The van der Waals surface area contributed by atoms with Gasteiger partial charge < -0.3 is 9.90 Å². The molecular formula is C8H6ClNaO2. The fourth-order valence-electron chi connectivity index (χ4n) is 0.730.